The van der Waals surface area contributed by atoms with Crippen LogP contribution in [0.3, 0.4) is 0 Å². The molecule has 5 nitrogen and oxygen atoms in total. The third-order valence-corrected chi connectivity index (χ3v) is 4.29. The average molecular weight is 281 g/mol. The highest BCUT2D eigenvalue weighted by atomic mass is 35.5. The van der Waals surface area contributed by atoms with Crippen LogP contribution in [0.2, 0.25) is 0 Å². The summed E-state index contributed by atoms with van der Waals surface area (Å²) in [6, 6.07) is 3.00. The Labute approximate surface area is 107 Å². The van der Waals surface area contributed by atoms with Gasteiger partial charge in [0.15, 0.2) is 0 Å². The van der Waals surface area contributed by atoms with Crippen molar-refractivity contribution in [2.45, 2.75) is 11.0 Å². The molecule has 1 aromatic heterocycles. The summed E-state index contributed by atoms with van der Waals surface area (Å²) >= 11 is 5.56. The number of likely N-dealkylation sites (N-methyl/N-ethyl adjacent to an activating group) is 2. The molecule has 0 bridgehead atoms. The van der Waals surface area contributed by atoms with Crippen LogP contribution in [0.4, 0.5) is 0 Å². The third-order valence-electron chi connectivity index (χ3n) is 2.30. The van der Waals surface area contributed by atoms with E-state index in [0.717, 1.165) is 0 Å². The first-order chi connectivity index (χ1) is 7.87. The minimum absolute atomic E-state index is 0.0607. The maximum Gasteiger partial charge on any atom is 0.276 e. The van der Waals surface area contributed by atoms with Crippen molar-refractivity contribution in [2.75, 3.05) is 34.2 Å². The molecule has 1 aromatic rings. The van der Waals surface area contributed by atoms with E-state index in [1.54, 1.807) is 6.07 Å². The second-order valence-electron chi connectivity index (χ2n) is 3.98. The molecule has 98 valence electrons. The van der Waals surface area contributed by atoms with Crippen LogP contribution in [0.1, 0.15) is 5.76 Å². The molecule has 0 amide bonds. The molecule has 0 aliphatic carbocycles. The van der Waals surface area contributed by atoms with Crippen LogP contribution in [0, 0.1) is 0 Å². The van der Waals surface area contributed by atoms with Crippen molar-refractivity contribution in [3.63, 3.8) is 0 Å². The Kier molecular flexibility index (Phi) is 5.00. The van der Waals surface area contributed by atoms with Crippen molar-refractivity contribution in [3.8, 4) is 0 Å². The fourth-order valence-corrected chi connectivity index (χ4v) is 2.41. The third kappa shape index (κ3) is 3.70. The highest BCUT2D eigenvalue weighted by molar-refractivity contribution is 7.89. The molecule has 1 rings (SSSR count). The lowest BCUT2D eigenvalue weighted by molar-refractivity contribution is 0.347. The zero-order valence-corrected chi connectivity index (χ0v) is 11.8. The molecule has 0 saturated carbocycles. The Morgan fingerprint density at radius 1 is 1.24 bits per heavy atom. The van der Waals surface area contributed by atoms with E-state index in [1.807, 2.05) is 19.0 Å². The molecule has 0 aromatic carbocycles. The molecule has 0 radical (unpaired) electrons. The van der Waals surface area contributed by atoms with Crippen molar-refractivity contribution in [3.05, 3.63) is 17.9 Å². The fourth-order valence-electron chi connectivity index (χ4n) is 1.18. The number of rotatable bonds is 6. The molecular weight excluding hydrogens is 264 g/mol. The van der Waals surface area contributed by atoms with Gasteiger partial charge in [0.05, 0.1) is 5.88 Å². The summed E-state index contributed by atoms with van der Waals surface area (Å²) in [6.45, 7) is 1.06. The van der Waals surface area contributed by atoms with Gasteiger partial charge in [-0.15, -0.1) is 11.6 Å². The number of sulfonamides is 1. The maximum absolute atomic E-state index is 12.0. The van der Waals surface area contributed by atoms with E-state index in [4.69, 9.17) is 16.0 Å². The van der Waals surface area contributed by atoms with Crippen LogP contribution in [0.25, 0.3) is 0 Å². The molecular formula is C10H17ClN2O3S. The van der Waals surface area contributed by atoms with E-state index in [2.05, 4.69) is 0 Å². The Balaban J connectivity index is 2.79. The van der Waals surface area contributed by atoms with Crippen molar-refractivity contribution < 1.29 is 12.8 Å². The van der Waals surface area contributed by atoms with Crippen LogP contribution in [-0.2, 0) is 15.9 Å². The molecule has 0 aliphatic heterocycles. The smallest absolute Gasteiger partial charge is 0.276 e. The van der Waals surface area contributed by atoms with Gasteiger partial charge in [-0.3, -0.25) is 0 Å². The lowest BCUT2D eigenvalue weighted by Crippen LogP contribution is -2.33. The van der Waals surface area contributed by atoms with Gasteiger partial charge in [-0.05, 0) is 26.2 Å². The van der Waals surface area contributed by atoms with Crippen molar-refractivity contribution >= 4 is 21.6 Å². The van der Waals surface area contributed by atoms with Gasteiger partial charge in [0.1, 0.15) is 5.76 Å². The SMILES string of the molecule is CN(C)CCN(C)S(=O)(=O)c1ccc(CCl)o1. The fraction of sp³-hybridized carbons (Fsp3) is 0.600. The second kappa shape index (κ2) is 5.86. The maximum atomic E-state index is 12.0. The zero-order valence-electron chi connectivity index (χ0n) is 10.2. The van der Waals surface area contributed by atoms with Crippen LogP contribution >= 0.6 is 11.6 Å². The second-order valence-corrected chi connectivity index (χ2v) is 6.23. The molecule has 0 aliphatic rings. The number of halogens is 1. The minimum atomic E-state index is -3.54. The quantitative estimate of drug-likeness (QED) is 0.735. The van der Waals surface area contributed by atoms with Crippen molar-refractivity contribution in [1.82, 2.24) is 9.21 Å². The van der Waals surface area contributed by atoms with E-state index in [-0.39, 0.29) is 11.0 Å². The van der Waals surface area contributed by atoms with Gasteiger partial charge in [-0.1, -0.05) is 0 Å². The van der Waals surface area contributed by atoms with Crippen molar-refractivity contribution in [2.24, 2.45) is 0 Å². The van der Waals surface area contributed by atoms with Gasteiger partial charge < -0.3 is 9.32 Å². The number of alkyl halides is 1. The lowest BCUT2D eigenvalue weighted by atomic mass is 10.5. The normalized spacial score (nSPS) is 12.6. The Morgan fingerprint density at radius 3 is 2.35 bits per heavy atom. The molecule has 0 spiro atoms. The van der Waals surface area contributed by atoms with E-state index >= 15 is 0 Å². The number of hydrogen-bond donors (Lipinski definition) is 0. The summed E-state index contributed by atoms with van der Waals surface area (Å²) < 4.78 is 30.5. The van der Waals surface area contributed by atoms with Gasteiger partial charge in [-0.2, -0.15) is 4.31 Å². The van der Waals surface area contributed by atoms with E-state index in [9.17, 15) is 8.42 Å². The van der Waals surface area contributed by atoms with Crippen LogP contribution < -0.4 is 0 Å². The lowest BCUT2D eigenvalue weighted by Gasteiger charge is -2.17. The summed E-state index contributed by atoms with van der Waals surface area (Å²) in [6.07, 6.45) is 0. The van der Waals surface area contributed by atoms with Gasteiger partial charge in [0, 0.05) is 20.1 Å². The minimum Gasteiger partial charge on any atom is -0.447 e. The zero-order chi connectivity index (χ0) is 13.1. The first-order valence-electron chi connectivity index (χ1n) is 5.13. The molecule has 0 saturated heterocycles. The van der Waals surface area contributed by atoms with Crippen LogP contribution in [-0.4, -0.2) is 51.9 Å². The number of hydrogen-bond acceptors (Lipinski definition) is 4. The highest BCUT2D eigenvalue weighted by Crippen LogP contribution is 2.18. The predicted molar refractivity (Wildman–Crippen MR) is 66.6 cm³/mol. The highest BCUT2D eigenvalue weighted by Gasteiger charge is 2.24. The summed E-state index contributed by atoms with van der Waals surface area (Å²) in [7, 11) is 1.76. The van der Waals surface area contributed by atoms with Gasteiger partial charge in [-0.25, -0.2) is 8.42 Å². The topological polar surface area (TPSA) is 53.8 Å². The molecule has 0 unspecified atom stereocenters. The van der Waals surface area contributed by atoms with Crippen molar-refractivity contribution in [1.29, 1.82) is 0 Å². The average Bonchev–Trinajstić information content (AvgIpc) is 2.74. The monoisotopic (exact) mass is 280 g/mol. The van der Waals surface area contributed by atoms with Gasteiger partial charge in [0.2, 0.25) is 5.09 Å². The Morgan fingerprint density at radius 2 is 1.88 bits per heavy atom. The van der Waals surface area contributed by atoms with E-state index in [0.29, 0.717) is 18.8 Å². The first kappa shape index (κ1) is 14.5. The Hall–Kier alpha value is -0.560. The molecule has 0 N–H and O–H groups in total. The Bertz CT molecular complexity index is 456. The standard InChI is InChI=1S/C10H17ClN2O3S/c1-12(2)6-7-13(3)17(14,15)10-5-4-9(8-11)16-10/h4-5H,6-8H2,1-3H3. The van der Waals surface area contributed by atoms with Gasteiger partial charge >= 0.3 is 0 Å². The summed E-state index contributed by atoms with van der Waals surface area (Å²) in [5, 5.41) is -0.0607. The molecule has 0 atom stereocenters. The van der Waals surface area contributed by atoms with E-state index < -0.39 is 10.0 Å². The summed E-state index contributed by atoms with van der Waals surface area (Å²) in [5.74, 6) is 0.614. The largest absolute Gasteiger partial charge is 0.447 e. The molecule has 7 heteroatoms. The first-order valence-corrected chi connectivity index (χ1v) is 7.11. The summed E-state index contributed by atoms with van der Waals surface area (Å²) in [4.78, 5) is 1.92. The molecule has 17 heavy (non-hydrogen) atoms. The molecule has 0 fully saturated rings. The van der Waals surface area contributed by atoms with Crippen LogP contribution in [0.15, 0.2) is 21.6 Å². The summed E-state index contributed by atoms with van der Waals surface area (Å²) in [5.41, 5.74) is 0. The number of furan rings is 1. The van der Waals surface area contributed by atoms with Gasteiger partial charge in [0.25, 0.3) is 10.0 Å². The number of nitrogens with zero attached hydrogens (tertiary/aromatic N) is 2. The predicted octanol–water partition coefficient (Wildman–Crippen LogP) is 1.20. The van der Waals surface area contributed by atoms with E-state index in [1.165, 1.54) is 17.4 Å². The molecule has 1 heterocycles. The van der Waals surface area contributed by atoms with Crippen LogP contribution in [0.5, 0.6) is 0 Å².